The minimum absolute atomic E-state index is 0. The molecule has 2 rings (SSSR count). The number of rotatable bonds is 6. The lowest BCUT2D eigenvalue weighted by Crippen LogP contribution is -2.28. The van der Waals surface area contributed by atoms with E-state index < -0.39 is 0 Å². The van der Waals surface area contributed by atoms with Gasteiger partial charge >= 0.3 is 0 Å². The molecular weight excluding hydrogens is 318 g/mol. The molecule has 2 aromatic rings. The lowest BCUT2D eigenvalue weighted by Gasteiger charge is -2.14. The summed E-state index contributed by atoms with van der Waals surface area (Å²) < 4.78 is 0. The Morgan fingerprint density at radius 3 is 2.73 bits per heavy atom. The van der Waals surface area contributed by atoms with E-state index in [4.69, 9.17) is 0 Å². The van der Waals surface area contributed by atoms with E-state index in [9.17, 15) is 4.79 Å². The number of nitrogens with zero attached hydrogens (tertiary/aromatic N) is 1. The molecule has 1 aromatic heterocycles. The van der Waals surface area contributed by atoms with Gasteiger partial charge in [0.05, 0.1) is 6.04 Å². The van der Waals surface area contributed by atoms with Crippen LogP contribution in [0.4, 0.5) is 0 Å². The Balaban J connectivity index is 0.00000242. The first-order valence-corrected chi connectivity index (χ1v) is 7.95. The van der Waals surface area contributed by atoms with Gasteiger partial charge in [0.25, 0.3) is 5.91 Å². The van der Waals surface area contributed by atoms with Crippen LogP contribution in [0.1, 0.15) is 39.6 Å². The summed E-state index contributed by atoms with van der Waals surface area (Å²) in [7, 11) is 1.91. The van der Waals surface area contributed by atoms with Gasteiger partial charge < -0.3 is 10.6 Å². The molecule has 4 nitrogen and oxygen atoms in total. The number of benzene rings is 1. The number of thiazole rings is 1. The number of carbonyl (C=O) groups is 1. The van der Waals surface area contributed by atoms with Gasteiger partial charge in [-0.15, -0.1) is 23.7 Å². The zero-order valence-corrected chi connectivity index (χ0v) is 14.7. The Hall–Kier alpha value is -1.43. The fourth-order valence-electron chi connectivity index (χ4n) is 2.13. The second-order valence-corrected chi connectivity index (χ2v) is 5.92. The van der Waals surface area contributed by atoms with Gasteiger partial charge in [0, 0.05) is 16.6 Å². The molecule has 0 saturated carbocycles. The van der Waals surface area contributed by atoms with Gasteiger partial charge in [0.2, 0.25) is 0 Å². The first kappa shape index (κ1) is 18.6. The Morgan fingerprint density at radius 2 is 2.09 bits per heavy atom. The number of halogens is 1. The van der Waals surface area contributed by atoms with E-state index >= 15 is 0 Å². The molecule has 1 amide bonds. The van der Waals surface area contributed by atoms with Gasteiger partial charge in [-0.25, -0.2) is 4.98 Å². The molecule has 0 spiro atoms. The zero-order valence-electron chi connectivity index (χ0n) is 13.1. The van der Waals surface area contributed by atoms with Gasteiger partial charge in [-0.05, 0) is 45.5 Å². The molecule has 22 heavy (non-hydrogen) atoms. The molecule has 0 fully saturated rings. The topological polar surface area (TPSA) is 54.0 Å². The molecule has 1 aromatic carbocycles. The van der Waals surface area contributed by atoms with Gasteiger partial charge in [0.15, 0.2) is 0 Å². The van der Waals surface area contributed by atoms with E-state index in [0.29, 0.717) is 0 Å². The van der Waals surface area contributed by atoms with Crippen LogP contribution < -0.4 is 10.6 Å². The molecule has 1 heterocycles. The molecule has 6 heteroatoms. The average molecular weight is 340 g/mol. The summed E-state index contributed by atoms with van der Waals surface area (Å²) in [5, 5.41) is 9.08. The number of likely N-dealkylation sites (N-methyl/N-ethyl adjacent to an activating group) is 1. The van der Waals surface area contributed by atoms with Crippen molar-refractivity contribution < 1.29 is 4.79 Å². The molecule has 1 atom stereocenters. The third kappa shape index (κ3) is 4.80. The molecule has 0 saturated heterocycles. The highest BCUT2D eigenvalue weighted by Gasteiger charge is 2.16. The number of carbonyl (C=O) groups excluding carboxylic acids is 1. The maximum absolute atomic E-state index is 12.5. The quantitative estimate of drug-likeness (QED) is 0.850. The van der Waals surface area contributed by atoms with E-state index in [-0.39, 0.29) is 24.4 Å². The van der Waals surface area contributed by atoms with Crippen LogP contribution in [0.25, 0.3) is 0 Å². The normalized spacial score (nSPS) is 11.6. The molecule has 0 aliphatic carbocycles. The number of aryl methyl sites for hydroxylation is 1. The monoisotopic (exact) mass is 339 g/mol. The fraction of sp³-hybridized carbons (Fsp3) is 0.375. The Bertz CT molecular complexity index is 615. The highest BCUT2D eigenvalue weighted by atomic mass is 35.5. The van der Waals surface area contributed by atoms with Crippen LogP contribution >= 0.6 is 23.7 Å². The van der Waals surface area contributed by atoms with Crippen LogP contribution in [-0.2, 0) is 6.42 Å². The summed E-state index contributed by atoms with van der Waals surface area (Å²) in [6.45, 7) is 4.78. The van der Waals surface area contributed by atoms with E-state index in [1.54, 1.807) is 11.3 Å². The van der Waals surface area contributed by atoms with E-state index in [1.165, 1.54) is 0 Å². The predicted molar refractivity (Wildman–Crippen MR) is 94.1 cm³/mol. The third-order valence-electron chi connectivity index (χ3n) is 3.26. The van der Waals surface area contributed by atoms with E-state index in [2.05, 4.69) is 15.6 Å². The summed E-state index contributed by atoms with van der Waals surface area (Å²) in [5.41, 5.74) is 2.80. The molecule has 2 N–H and O–H groups in total. The lowest BCUT2D eigenvalue weighted by molar-refractivity contribution is 0.0939. The minimum Gasteiger partial charge on any atom is -0.343 e. The Kier molecular flexibility index (Phi) is 7.51. The predicted octanol–water partition coefficient (Wildman–Crippen LogP) is 3.13. The molecule has 1 unspecified atom stereocenters. The second-order valence-electron chi connectivity index (χ2n) is 5.03. The number of aromatic nitrogens is 1. The third-order valence-corrected chi connectivity index (χ3v) is 4.41. The summed E-state index contributed by atoms with van der Waals surface area (Å²) in [6.07, 6.45) is 0.838. The maximum Gasteiger partial charge on any atom is 0.252 e. The number of nitrogens with one attached hydrogen (secondary N) is 2. The van der Waals surface area contributed by atoms with Crippen molar-refractivity contribution in [2.45, 2.75) is 26.3 Å². The summed E-state index contributed by atoms with van der Waals surface area (Å²) in [4.78, 5) is 16.9. The summed E-state index contributed by atoms with van der Waals surface area (Å²) in [5.74, 6) is -0.0398. The fourth-order valence-corrected chi connectivity index (χ4v) is 2.93. The average Bonchev–Trinajstić information content (AvgIpc) is 2.92. The standard InChI is InChI=1S/C16H21N3OS.ClH/c1-11-10-21-16(18-11)12(2)19-15(20)14-7-5-4-6-13(14)8-9-17-3;/h4-7,10,12,17H,8-9H2,1-3H3,(H,19,20);1H. The minimum atomic E-state index is -0.0754. The zero-order chi connectivity index (χ0) is 15.2. The summed E-state index contributed by atoms with van der Waals surface area (Å²) >= 11 is 1.58. The number of amides is 1. The van der Waals surface area contributed by atoms with Gasteiger partial charge in [-0.2, -0.15) is 0 Å². The molecular formula is C16H22ClN3OS. The van der Waals surface area contributed by atoms with Gasteiger partial charge in [-0.3, -0.25) is 4.79 Å². The van der Waals surface area contributed by atoms with Crippen molar-refractivity contribution in [2.75, 3.05) is 13.6 Å². The van der Waals surface area contributed by atoms with Crippen molar-refractivity contribution in [1.29, 1.82) is 0 Å². The Morgan fingerprint density at radius 1 is 1.36 bits per heavy atom. The summed E-state index contributed by atoms with van der Waals surface area (Å²) in [6, 6.07) is 7.67. The number of hydrogen-bond donors (Lipinski definition) is 2. The first-order chi connectivity index (χ1) is 10.1. The van der Waals surface area contributed by atoms with Crippen molar-refractivity contribution in [3.8, 4) is 0 Å². The van der Waals surface area contributed by atoms with Crippen molar-refractivity contribution in [1.82, 2.24) is 15.6 Å². The Labute approximate surface area is 141 Å². The highest BCUT2D eigenvalue weighted by Crippen LogP contribution is 2.18. The molecule has 0 aliphatic rings. The van der Waals surface area contributed by atoms with E-state index in [0.717, 1.165) is 34.8 Å². The highest BCUT2D eigenvalue weighted by molar-refractivity contribution is 7.09. The molecule has 0 bridgehead atoms. The smallest absolute Gasteiger partial charge is 0.252 e. The van der Waals surface area contributed by atoms with Crippen LogP contribution in [0.3, 0.4) is 0 Å². The van der Waals surface area contributed by atoms with Crippen LogP contribution in [0.15, 0.2) is 29.6 Å². The SMILES string of the molecule is CNCCc1ccccc1C(=O)NC(C)c1nc(C)cs1.Cl. The van der Waals surface area contributed by atoms with Crippen LogP contribution in [0.5, 0.6) is 0 Å². The number of hydrogen-bond acceptors (Lipinski definition) is 4. The van der Waals surface area contributed by atoms with Crippen LogP contribution in [-0.4, -0.2) is 24.5 Å². The van der Waals surface area contributed by atoms with Gasteiger partial charge in [-0.1, -0.05) is 18.2 Å². The van der Waals surface area contributed by atoms with Crippen molar-refractivity contribution >= 4 is 29.7 Å². The lowest BCUT2D eigenvalue weighted by atomic mass is 10.0. The van der Waals surface area contributed by atoms with Crippen molar-refractivity contribution in [3.63, 3.8) is 0 Å². The molecule has 120 valence electrons. The molecule has 0 aliphatic heterocycles. The van der Waals surface area contributed by atoms with E-state index in [1.807, 2.05) is 50.5 Å². The van der Waals surface area contributed by atoms with Crippen LogP contribution in [0.2, 0.25) is 0 Å². The van der Waals surface area contributed by atoms with Crippen molar-refractivity contribution in [2.24, 2.45) is 0 Å². The first-order valence-electron chi connectivity index (χ1n) is 7.07. The second kappa shape index (κ2) is 8.88. The molecule has 0 radical (unpaired) electrons. The van der Waals surface area contributed by atoms with Crippen molar-refractivity contribution in [3.05, 3.63) is 51.5 Å². The maximum atomic E-state index is 12.5. The van der Waals surface area contributed by atoms with Gasteiger partial charge in [0.1, 0.15) is 5.01 Å². The largest absolute Gasteiger partial charge is 0.343 e. The van der Waals surface area contributed by atoms with Crippen LogP contribution in [0, 0.1) is 6.92 Å².